The maximum Gasteiger partial charge on any atom is 0.416 e. The van der Waals surface area contributed by atoms with Gasteiger partial charge in [0.1, 0.15) is 5.69 Å². The van der Waals surface area contributed by atoms with Crippen LogP contribution < -0.4 is 16.0 Å². The van der Waals surface area contributed by atoms with Gasteiger partial charge in [-0.25, -0.2) is 0 Å². The minimum absolute atomic E-state index is 0.183. The van der Waals surface area contributed by atoms with Crippen molar-refractivity contribution in [3.8, 4) is 0 Å². The highest BCUT2D eigenvalue weighted by molar-refractivity contribution is 5.92. The lowest BCUT2D eigenvalue weighted by Crippen LogP contribution is -2.46. The molecule has 0 spiro atoms. The molecular weight excluding hydrogens is 433 g/mol. The average molecular weight is 458 g/mol. The molecular formula is C23H25F3N6O. The van der Waals surface area contributed by atoms with Crippen molar-refractivity contribution in [1.29, 1.82) is 0 Å². The van der Waals surface area contributed by atoms with Gasteiger partial charge in [-0.3, -0.25) is 4.98 Å². The Hall–Kier alpha value is -2.98. The van der Waals surface area contributed by atoms with Crippen molar-refractivity contribution in [2.75, 3.05) is 23.4 Å². The van der Waals surface area contributed by atoms with Crippen LogP contribution in [0.25, 0.3) is 10.9 Å². The van der Waals surface area contributed by atoms with E-state index in [-0.39, 0.29) is 6.54 Å². The lowest BCUT2D eigenvalue weighted by Gasteiger charge is -2.36. The minimum Gasteiger partial charge on any atom is -0.377 e. The molecule has 2 fully saturated rings. The summed E-state index contributed by atoms with van der Waals surface area (Å²) < 4.78 is 45.2. The molecule has 4 heterocycles. The van der Waals surface area contributed by atoms with Gasteiger partial charge in [0, 0.05) is 11.9 Å². The molecule has 0 radical (unpaired) electrons. The van der Waals surface area contributed by atoms with Crippen LogP contribution in [0.3, 0.4) is 0 Å². The van der Waals surface area contributed by atoms with Crippen molar-refractivity contribution in [2.45, 2.75) is 50.6 Å². The SMILES string of the molecule is C[C@@H](Nc1nnc(CN)c2ncc(N3C4CCC3COC4)cc12)c1cccc(C(F)(F)F)c1. The number of benzene rings is 1. The number of nitrogens with zero attached hydrogens (tertiary/aromatic N) is 4. The molecule has 2 bridgehead atoms. The van der Waals surface area contributed by atoms with E-state index in [1.165, 1.54) is 6.07 Å². The molecule has 5 rings (SSSR count). The Morgan fingerprint density at radius 1 is 1.18 bits per heavy atom. The van der Waals surface area contributed by atoms with Crippen LogP contribution in [0.5, 0.6) is 0 Å². The van der Waals surface area contributed by atoms with Gasteiger partial charge in [0.05, 0.1) is 54.3 Å². The quantitative estimate of drug-likeness (QED) is 0.596. The van der Waals surface area contributed by atoms with E-state index in [9.17, 15) is 13.2 Å². The van der Waals surface area contributed by atoms with Crippen LogP contribution in [0, 0.1) is 0 Å². The van der Waals surface area contributed by atoms with E-state index in [0.717, 1.165) is 36.0 Å². The number of nitrogens with two attached hydrogens (primary N) is 1. The normalized spacial score (nSPS) is 21.4. The summed E-state index contributed by atoms with van der Waals surface area (Å²) in [4.78, 5) is 7.02. The molecule has 0 saturated carbocycles. The monoisotopic (exact) mass is 458 g/mol. The van der Waals surface area contributed by atoms with Gasteiger partial charge in [-0.2, -0.15) is 13.2 Å². The molecule has 174 valence electrons. The number of halogens is 3. The predicted octanol–water partition coefficient (Wildman–Crippen LogP) is 4.04. The van der Waals surface area contributed by atoms with E-state index in [4.69, 9.17) is 10.5 Å². The molecule has 2 aliphatic heterocycles. The molecule has 33 heavy (non-hydrogen) atoms. The van der Waals surface area contributed by atoms with Gasteiger partial charge in [0.15, 0.2) is 5.82 Å². The lowest BCUT2D eigenvalue weighted by atomic mass is 10.0. The second kappa shape index (κ2) is 8.42. The summed E-state index contributed by atoms with van der Waals surface area (Å²) in [5.41, 5.74) is 7.85. The molecule has 2 aromatic heterocycles. The van der Waals surface area contributed by atoms with Crippen molar-refractivity contribution >= 4 is 22.4 Å². The number of aromatic nitrogens is 3. The second-order valence-electron chi connectivity index (χ2n) is 8.61. The summed E-state index contributed by atoms with van der Waals surface area (Å²) in [6.45, 7) is 3.35. The van der Waals surface area contributed by atoms with Crippen molar-refractivity contribution < 1.29 is 17.9 Å². The van der Waals surface area contributed by atoms with E-state index < -0.39 is 17.8 Å². The molecule has 1 aromatic carbocycles. The van der Waals surface area contributed by atoms with E-state index in [1.54, 1.807) is 13.0 Å². The van der Waals surface area contributed by atoms with E-state index in [2.05, 4.69) is 25.4 Å². The topological polar surface area (TPSA) is 89.2 Å². The van der Waals surface area contributed by atoms with Crippen LogP contribution in [0.1, 0.15) is 42.6 Å². The number of pyridine rings is 1. The summed E-state index contributed by atoms with van der Waals surface area (Å²) in [5, 5.41) is 12.5. The fourth-order valence-corrected chi connectivity index (χ4v) is 4.78. The first-order valence-electron chi connectivity index (χ1n) is 11.0. The first-order chi connectivity index (χ1) is 15.8. The maximum atomic E-state index is 13.2. The number of hydrogen-bond donors (Lipinski definition) is 2. The third-order valence-electron chi connectivity index (χ3n) is 6.47. The molecule has 7 nitrogen and oxygen atoms in total. The molecule has 2 unspecified atom stereocenters. The largest absolute Gasteiger partial charge is 0.416 e. The molecule has 3 aromatic rings. The summed E-state index contributed by atoms with van der Waals surface area (Å²) in [5.74, 6) is 0.460. The van der Waals surface area contributed by atoms with Gasteiger partial charge < -0.3 is 20.7 Å². The number of ether oxygens (including phenoxy) is 1. The zero-order chi connectivity index (χ0) is 23.2. The van der Waals surface area contributed by atoms with Crippen molar-refractivity contribution in [3.05, 3.63) is 53.3 Å². The molecule has 10 heteroatoms. The van der Waals surface area contributed by atoms with Crippen LogP contribution in [0.2, 0.25) is 0 Å². The zero-order valence-corrected chi connectivity index (χ0v) is 18.1. The van der Waals surface area contributed by atoms with Gasteiger partial charge in [0.2, 0.25) is 0 Å². The molecule has 2 aliphatic rings. The highest BCUT2D eigenvalue weighted by atomic mass is 19.4. The Balaban J connectivity index is 1.51. The Kier molecular flexibility index (Phi) is 5.57. The number of anilines is 2. The highest BCUT2D eigenvalue weighted by Gasteiger charge is 2.37. The van der Waals surface area contributed by atoms with Crippen LogP contribution in [-0.4, -0.2) is 40.5 Å². The number of hydrogen-bond acceptors (Lipinski definition) is 7. The number of morpholine rings is 1. The van der Waals surface area contributed by atoms with Crippen molar-refractivity contribution in [1.82, 2.24) is 15.2 Å². The summed E-state index contributed by atoms with van der Waals surface area (Å²) in [6, 6.07) is 7.49. The van der Waals surface area contributed by atoms with Gasteiger partial charge in [-0.05, 0) is 43.5 Å². The summed E-state index contributed by atoms with van der Waals surface area (Å²) in [6.07, 6.45) is -0.423. The van der Waals surface area contributed by atoms with Crippen LogP contribution in [0.15, 0.2) is 36.5 Å². The number of fused-ring (bicyclic) bond motifs is 3. The smallest absolute Gasteiger partial charge is 0.377 e. The Labute approximate surface area is 189 Å². The van der Waals surface area contributed by atoms with Crippen molar-refractivity contribution in [3.63, 3.8) is 0 Å². The van der Waals surface area contributed by atoms with Crippen LogP contribution in [-0.2, 0) is 17.5 Å². The number of alkyl halides is 3. The van der Waals surface area contributed by atoms with E-state index in [1.807, 2.05) is 12.3 Å². The predicted molar refractivity (Wildman–Crippen MR) is 119 cm³/mol. The molecule has 0 amide bonds. The summed E-state index contributed by atoms with van der Waals surface area (Å²) in [7, 11) is 0. The fraction of sp³-hybridized carbons (Fsp3) is 0.435. The molecule has 3 N–H and O–H groups in total. The minimum atomic E-state index is -4.40. The second-order valence-corrected chi connectivity index (χ2v) is 8.61. The zero-order valence-electron chi connectivity index (χ0n) is 18.1. The first kappa shape index (κ1) is 21.8. The Morgan fingerprint density at radius 3 is 2.64 bits per heavy atom. The van der Waals surface area contributed by atoms with E-state index in [0.29, 0.717) is 47.9 Å². The third kappa shape index (κ3) is 4.08. The molecule has 0 aliphatic carbocycles. The molecule has 3 atom stereocenters. The van der Waals surface area contributed by atoms with E-state index >= 15 is 0 Å². The first-order valence-corrected chi connectivity index (χ1v) is 11.0. The number of rotatable bonds is 5. The maximum absolute atomic E-state index is 13.2. The van der Waals surface area contributed by atoms with Gasteiger partial charge in [-0.15, -0.1) is 10.2 Å². The Bertz CT molecular complexity index is 1150. The third-order valence-corrected chi connectivity index (χ3v) is 6.47. The standard InChI is InChI=1S/C23H25F3N6O/c1-13(14-3-2-4-15(7-14)23(24,25)26)29-22-19-8-18(10-28-21(19)20(9-27)30-31-22)32-16-5-6-17(32)12-33-11-16/h2-4,7-8,10,13,16-17H,5-6,9,11-12,27H2,1H3,(H,29,31)/t13-,16?,17?/m1/s1. The van der Waals surface area contributed by atoms with Crippen molar-refractivity contribution in [2.24, 2.45) is 5.73 Å². The van der Waals surface area contributed by atoms with Gasteiger partial charge >= 0.3 is 6.18 Å². The lowest BCUT2D eigenvalue weighted by molar-refractivity contribution is -0.137. The average Bonchev–Trinajstić information content (AvgIpc) is 3.06. The van der Waals surface area contributed by atoms with Gasteiger partial charge in [-0.1, -0.05) is 12.1 Å². The summed E-state index contributed by atoms with van der Waals surface area (Å²) >= 11 is 0. The highest BCUT2D eigenvalue weighted by Crippen LogP contribution is 2.37. The van der Waals surface area contributed by atoms with Crippen LogP contribution >= 0.6 is 0 Å². The fourth-order valence-electron chi connectivity index (χ4n) is 4.78. The van der Waals surface area contributed by atoms with Gasteiger partial charge in [0.25, 0.3) is 0 Å². The number of nitrogens with one attached hydrogen (secondary N) is 1. The Morgan fingerprint density at radius 2 is 1.94 bits per heavy atom. The molecule has 2 saturated heterocycles. The van der Waals surface area contributed by atoms with Crippen LogP contribution in [0.4, 0.5) is 24.7 Å².